The Balaban J connectivity index is -0.000000845. The third-order valence-electron chi connectivity index (χ3n) is 2.16. The molecular formula is C13H28CuOSi-. The van der Waals surface area contributed by atoms with E-state index in [1.54, 1.807) is 6.08 Å². The summed E-state index contributed by atoms with van der Waals surface area (Å²) in [6.45, 7) is 16.6. The fourth-order valence-corrected chi connectivity index (χ4v) is 3.40. The van der Waals surface area contributed by atoms with Gasteiger partial charge in [0.25, 0.3) is 0 Å². The monoisotopic (exact) mass is 291 g/mol. The summed E-state index contributed by atoms with van der Waals surface area (Å²) in [6, 6.07) is 0. The van der Waals surface area contributed by atoms with Crippen molar-refractivity contribution in [3.8, 4) is 0 Å². The van der Waals surface area contributed by atoms with E-state index in [0.717, 1.165) is 12.8 Å². The van der Waals surface area contributed by atoms with Crippen LogP contribution >= 0.6 is 0 Å². The van der Waals surface area contributed by atoms with Crippen molar-refractivity contribution in [1.82, 2.24) is 0 Å². The molecule has 0 aromatic carbocycles. The van der Waals surface area contributed by atoms with Crippen LogP contribution in [0.15, 0.2) is 6.08 Å². The molecule has 0 N–H and O–H groups in total. The van der Waals surface area contributed by atoms with E-state index in [-0.39, 0.29) is 30.1 Å². The zero-order valence-electron chi connectivity index (χ0n) is 11.7. The number of unbranched alkanes of at least 4 members (excludes halogenated alkanes) is 1. The van der Waals surface area contributed by atoms with E-state index in [9.17, 15) is 0 Å². The smallest absolute Gasteiger partial charge is 0.518 e. The summed E-state index contributed by atoms with van der Waals surface area (Å²) in [5.74, 6) is 0. The Labute approximate surface area is 115 Å². The Kier molecular flexibility index (Phi) is 12.8. The molecule has 0 aromatic rings. The van der Waals surface area contributed by atoms with Crippen molar-refractivity contribution in [1.29, 1.82) is 0 Å². The third kappa shape index (κ3) is 10.9. The molecular weight excluding hydrogens is 264 g/mol. The fourth-order valence-electron chi connectivity index (χ4n) is 1.73. The van der Waals surface area contributed by atoms with Crippen molar-refractivity contribution in [3.05, 3.63) is 20.1 Å². The zero-order chi connectivity index (χ0) is 11.2. The van der Waals surface area contributed by atoms with Gasteiger partial charge in [0.15, 0.2) is 8.32 Å². The molecule has 0 spiro atoms. The normalized spacial score (nSPS) is 14.3. The van der Waals surface area contributed by atoms with E-state index in [0.29, 0.717) is 0 Å². The van der Waals surface area contributed by atoms with Crippen LogP contribution in [-0.4, -0.2) is 13.9 Å². The summed E-state index contributed by atoms with van der Waals surface area (Å²) in [4.78, 5) is 0. The Bertz CT molecular complexity index is 177. The van der Waals surface area contributed by atoms with Gasteiger partial charge in [-0.3, -0.25) is 6.08 Å². The molecule has 0 aliphatic rings. The average Bonchev–Trinajstić information content (AvgIpc) is 1.98. The van der Waals surface area contributed by atoms with Gasteiger partial charge >= 0.3 is 17.1 Å². The molecule has 0 fully saturated rings. The van der Waals surface area contributed by atoms with E-state index in [4.69, 9.17) is 11.0 Å². The standard InChI is InChI=1S/C12H25OSi.CH3.Cu/c1-7-9-11-12(3,10-8-2)13-14(4,5)6;;/h2,8H,7,9-11H2,1,3-6H3;1H3;/q2*-1;+1. The second kappa shape index (κ2) is 9.46. The molecule has 0 heterocycles. The minimum absolute atomic E-state index is 0. The Morgan fingerprint density at radius 1 is 1.31 bits per heavy atom. The number of hydrogen-bond donors (Lipinski definition) is 0. The van der Waals surface area contributed by atoms with Gasteiger partial charge in [-0.15, -0.1) is 0 Å². The van der Waals surface area contributed by atoms with E-state index in [1.807, 2.05) is 0 Å². The van der Waals surface area contributed by atoms with Crippen LogP contribution in [-0.2, 0) is 21.5 Å². The van der Waals surface area contributed by atoms with E-state index < -0.39 is 8.32 Å². The summed E-state index contributed by atoms with van der Waals surface area (Å²) < 4.78 is 6.20. The minimum Gasteiger partial charge on any atom is -0.518 e. The van der Waals surface area contributed by atoms with Crippen LogP contribution in [0.5, 0.6) is 0 Å². The predicted molar refractivity (Wildman–Crippen MR) is 72.3 cm³/mol. The molecule has 0 aromatic heterocycles. The van der Waals surface area contributed by atoms with E-state index >= 15 is 0 Å². The summed E-state index contributed by atoms with van der Waals surface area (Å²) in [5.41, 5.74) is -0.0325. The molecule has 0 bridgehead atoms. The van der Waals surface area contributed by atoms with Crippen molar-refractivity contribution < 1.29 is 21.5 Å². The maximum absolute atomic E-state index is 6.20. The molecule has 0 rings (SSSR count). The van der Waals surface area contributed by atoms with Crippen LogP contribution in [0.4, 0.5) is 0 Å². The third-order valence-corrected chi connectivity index (χ3v) is 3.27. The van der Waals surface area contributed by atoms with Gasteiger partial charge in [0.2, 0.25) is 0 Å². The number of rotatable bonds is 7. The first-order valence-electron chi connectivity index (χ1n) is 5.56. The van der Waals surface area contributed by atoms with E-state index in [1.165, 1.54) is 12.8 Å². The molecule has 0 saturated heterocycles. The summed E-state index contributed by atoms with van der Waals surface area (Å²) in [5, 5.41) is 0. The van der Waals surface area contributed by atoms with Crippen LogP contribution in [0.2, 0.25) is 19.6 Å². The van der Waals surface area contributed by atoms with E-state index in [2.05, 4.69) is 33.5 Å². The van der Waals surface area contributed by atoms with Crippen molar-refractivity contribution >= 4 is 8.32 Å². The maximum atomic E-state index is 6.20. The van der Waals surface area contributed by atoms with Gasteiger partial charge in [-0.2, -0.15) is 0 Å². The average molecular weight is 292 g/mol. The number of hydrogen-bond acceptors (Lipinski definition) is 1. The SMILES string of the molecule is [CH-]=CCC(C)(CCCC)O[Si](C)(C)C.[CH3-].[Cu+]. The predicted octanol–water partition coefficient (Wildman–Crippen LogP) is 4.61. The molecule has 0 radical (unpaired) electrons. The Hall–Kier alpha value is 0.436. The Morgan fingerprint density at radius 2 is 1.81 bits per heavy atom. The van der Waals surface area contributed by atoms with Crippen molar-refractivity contribution in [2.24, 2.45) is 0 Å². The van der Waals surface area contributed by atoms with Crippen molar-refractivity contribution in [2.45, 2.75) is 64.8 Å². The van der Waals surface area contributed by atoms with Crippen molar-refractivity contribution in [2.75, 3.05) is 0 Å². The molecule has 1 nitrogen and oxygen atoms in total. The zero-order valence-corrected chi connectivity index (χ0v) is 13.6. The molecule has 0 saturated carbocycles. The molecule has 0 aliphatic carbocycles. The minimum atomic E-state index is -1.46. The van der Waals surface area contributed by atoms with Gasteiger partial charge in [0.1, 0.15) is 0 Å². The molecule has 0 amide bonds. The van der Waals surface area contributed by atoms with Gasteiger partial charge < -0.3 is 18.4 Å². The first-order valence-corrected chi connectivity index (χ1v) is 8.97. The van der Waals surface area contributed by atoms with Crippen LogP contribution in [0.25, 0.3) is 0 Å². The van der Waals surface area contributed by atoms with Crippen LogP contribution in [0.1, 0.15) is 39.5 Å². The maximum Gasteiger partial charge on any atom is 1.00 e. The molecule has 1 atom stereocenters. The van der Waals surface area contributed by atoms with Gasteiger partial charge in [0, 0.05) is 0 Å². The molecule has 102 valence electrons. The molecule has 1 unspecified atom stereocenters. The second-order valence-electron chi connectivity index (χ2n) is 5.21. The molecule has 0 aliphatic heterocycles. The van der Waals surface area contributed by atoms with Gasteiger partial charge in [-0.1, -0.05) is 19.8 Å². The quantitative estimate of drug-likeness (QED) is 0.491. The second-order valence-corrected chi connectivity index (χ2v) is 9.64. The first-order chi connectivity index (χ1) is 6.33. The van der Waals surface area contributed by atoms with Gasteiger partial charge in [-0.25, -0.2) is 0 Å². The molecule has 3 heteroatoms. The van der Waals surface area contributed by atoms with Crippen LogP contribution < -0.4 is 0 Å². The fraction of sp³-hybridized carbons (Fsp3) is 0.769. The topological polar surface area (TPSA) is 9.23 Å². The Morgan fingerprint density at radius 3 is 2.12 bits per heavy atom. The first kappa shape index (κ1) is 21.7. The largest absolute Gasteiger partial charge is 1.00 e. The van der Waals surface area contributed by atoms with Crippen LogP contribution in [0, 0.1) is 14.0 Å². The molecule has 16 heavy (non-hydrogen) atoms. The summed E-state index contributed by atoms with van der Waals surface area (Å²) in [6.07, 6.45) is 6.14. The van der Waals surface area contributed by atoms with Crippen molar-refractivity contribution in [3.63, 3.8) is 0 Å². The van der Waals surface area contributed by atoms with Gasteiger partial charge in [-0.05, 0) is 39.4 Å². The summed E-state index contributed by atoms with van der Waals surface area (Å²) >= 11 is 0. The summed E-state index contributed by atoms with van der Waals surface area (Å²) in [7, 11) is -1.46. The van der Waals surface area contributed by atoms with Gasteiger partial charge in [0.05, 0.1) is 5.60 Å². The van der Waals surface area contributed by atoms with Crippen LogP contribution in [0.3, 0.4) is 0 Å².